The summed E-state index contributed by atoms with van der Waals surface area (Å²) in [6.07, 6.45) is 4.22. The molecule has 0 amide bonds. The smallest absolute Gasteiger partial charge is 0.0725 e. The molecule has 4 aromatic heterocycles. The molecule has 0 radical (unpaired) electrons. The highest BCUT2D eigenvalue weighted by molar-refractivity contribution is 6.31. The largest absolute Gasteiger partial charge is 0.314 e. The Balaban J connectivity index is 1.70. The highest BCUT2D eigenvalue weighted by Gasteiger charge is 2.21. The van der Waals surface area contributed by atoms with Crippen molar-refractivity contribution in [1.82, 2.24) is 14.0 Å². The zero-order valence-electron chi connectivity index (χ0n) is 17.2. The Morgan fingerprint density at radius 1 is 0.562 bits per heavy atom. The third kappa shape index (κ3) is 1.85. The van der Waals surface area contributed by atoms with Crippen LogP contribution in [0.4, 0.5) is 0 Å². The van der Waals surface area contributed by atoms with E-state index in [1.807, 2.05) is 6.20 Å². The van der Waals surface area contributed by atoms with Gasteiger partial charge in [0.05, 0.1) is 33.8 Å². The summed E-state index contributed by atoms with van der Waals surface area (Å²) >= 11 is 0. The summed E-state index contributed by atoms with van der Waals surface area (Å²) in [5.41, 5.74) is 7.14. The van der Waals surface area contributed by atoms with Crippen molar-refractivity contribution in [3.63, 3.8) is 0 Å². The number of aromatic nitrogens is 3. The van der Waals surface area contributed by atoms with E-state index < -0.39 is 0 Å². The van der Waals surface area contributed by atoms with Gasteiger partial charge in [-0.2, -0.15) is 0 Å². The van der Waals surface area contributed by atoms with Gasteiger partial charge >= 0.3 is 0 Å². The molecule has 4 aromatic carbocycles. The predicted octanol–water partition coefficient (Wildman–Crippen LogP) is 7.33. The lowest BCUT2D eigenvalue weighted by Crippen LogP contribution is -1.92. The molecule has 0 atom stereocenters. The zero-order chi connectivity index (χ0) is 20.8. The normalized spacial score (nSPS) is 12.4. The number of rotatable bonds is 1. The fourth-order valence-electron chi connectivity index (χ4n) is 5.64. The fraction of sp³-hybridized carbons (Fsp3) is 0. The summed E-state index contributed by atoms with van der Waals surface area (Å²) in [4.78, 5) is 4.75. The average Bonchev–Trinajstić information content (AvgIpc) is 3.52. The maximum Gasteiger partial charge on any atom is 0.0725 e. The summed E-state index contributed by atoms with van der Waals surface area (Å²) in [6.45, 7) is 0. The number of fused-ring (bicyclic) bond motifs is 9. The summed E-state index contributed by atoms with van der Waals surface area (Å²) < 4.78 is 4.72. The Kier molecular flexibility index (Phi) is 2.89. The Morgan fingerprint density at radius 3 is 2.22 bits per heavy atom. The van der Waals surface area contributed by atoms with Gasteiger partial charge < -0.3 is 8.97 Å². The minimum atomic E-state index is 1.04. The second-order valence-corrected chi connectivity index (χ2v) is 8.49. The molecule has 0 bridgehead atoms. The highest BCUT2D eigenvalue weighted by Crippen LogP contribution is 2.43. The Morgan fingerprint density at radius 2 is 1.31 bits per heavy atom. The van der Waals surface area contributed by atoms with Gasteiger partial charge in [0.1, 0.15) is 0 Å². The van der Waals surface area contributed by atoms with Crippen LogP contribution < -0.4 is 0 Å². The molecule has 0 saturated carbocycles. The van der Waals surface area contributed by atoms with Crippen LogP contribution in [0.3, 0.4) is 0 Å². The van der Waals surface area contributed by atoms with E-state index >= 15 is 0 Å². The molecular weight excluding hydrogens is 390 g/mol. The van der Waals surface area contributed by atoms with Crippen LogP contribution in [0.1, 0.15) is 0 Å². The maximum atomic E-state index is 4.75. The maximum absolute atomic E-state index is 4.75. The monoisotopic (exact) mass is 407 g/mol. The number of nitrogens with zero attached hydrogens (tertiary/aromatic N) is 3. The van der Waals surface area contributed by atoms with E-state index in [4.69, 9.17) is 4.98 Å². The molecule has 4 heterocycles. The number of hydrogen-bond donors (Lipinski definition) is 0. The van der Waals surface area contributed by atoms with Gasteiger partial charge in [0.15, 0.2) is 0 Å². The van der Waals surface area contributed by atoms with Crippen molar-refractivity contribution >= 4 is 59.9 Å². The molecule has 0 aliphatic rings. The SMILES string of the molecule is c1ccc(-n2c3ccccc3c3c4ccn5c6cnc7ccccc7c6c(cc32)c45)cc1. The predicted molar refractivity (Wildman–Crippen MR) is 133 cm³/mol. The van der Waals surface area contributed by atoms with Crippen molar-refractivity contribution in [2.24, 2.45) is 0 Å². The van der Waals surface area contributed by atoms with Crippen LogP contribution in [0.25, 0.3) is 65.6 Å². The molecule has 8 rings (SSSR count). The van der Waals surface area contributed by atoms with Crippen molar-refractivity contribution in [2.45, 2.75) is 0 Å². The quantitative estimate of drug-likeness (QED) is 0.279. The summed E-state index contributed by atoms with van der Waals surface area (Å²) in [5.74, 6) is 0. The lowest BCUT2D eigenvalue weighted by Gasteiger charge is -2.08. The van der Waals surface area contributed by atoms with Crippen LogP contribution in [0.5, 0.6) is 0 Å². The van der Waals surface area contributed by atoms with Gasteiger partial charge in [0.25, 0.3) is 0 Å². The lowest BCUT2D eigenvalue weighted by atomic mass is 10.0. The number of para-hydroxylation sites is 3. The molecule has 0 unspecified atom stereocenters. The van der Waals surface area contributed by atoms with Gasteiger partial charge in [0.2, 0.25) is 0 Å². The van der Waals surface area contributed by atoms with Crippen LogP contribution in [-0.2, 0) is 0 Å². The molecule has 0 N–H and O–H groups in total. The van der Waals surface area contributed by atoms with Crippen LogP contribution in [0, 0.1) is 0 Å². The van der Waals surface area contributed by atoms with E-state index in [-0.39, 0.29) is 0 Å². The van der Waals surface area contributed by atoms with Gasteiger partial charge in [-0.1, -0.05) is 54.6 Å². The molecule has 0 saturated heterocycles. The van der Waals surface area contributed by atoms with E-state index in [0.717, 1.165) is 11.0 Å². The summed E-state index contributed by atoms with van der Waals surface area (Å²) in [7, 11) is 0. The minimum Gasteiger partial charge on any atom is -0.314 e. The van der Waals surface area contributed by atoms with Crippen LogP contribution in [0.2, 0.25) is 0 Å². The Bertz CT molecular complexity index is 1970. The highest BCUT2D eigenvalue weighted by atomic mass is 15.0. The lowest BCUT2D eigenvalue weighted by molar-refractivity contribution is 1.18. The van der Waals surface area contributed by atoms with E-state index in [9.17, 15) is 0 Å². The topological polar surface area (TPSA) is 22.2 Å². The first-order valence-corrected chi connectivity index (χ1v) is 10.9. The van der Waals surface area contributed by atoms with Crippen molar-refractivity contribution in [3.05, 3.63) is 103 Å². The number of hydrogen-bond acceptors (Lipinski definition) is 1. The summed E-state index contributed by atoms with van der Waals surface area (Å²) in [6, 6.07) is 32.5. The van der Waals surface area contributed by atoms with Gasteiger partial charge in [0, 0.05) is 44.2 Å². The molecule has 0 aliphatic heterocycles. The first-order valence-electron chi connectivity index (χ1n) is 10.9. The van der Waals surface area contributed by atoms with Crippen LogP contribution in [-0.4, -0.2) is 14.0 Å². The fourth-order valence-corrected chi connectivity index (χ4v) is 5.64. The van der Waals surface area contributed by atoms with Crippen LogP contribution in [0.15, 0.2) is 103 Å². The van der Waals surface area contributed by atoms with E-state index in [2.05, 4.69) is 106 Å². The first-order chi connectivity index (χ1) is 15.9. The van der Waals surface area contributed by atoms with E-state index in [1.54, 1.807) is 0 Å². The van der Waals surface area contributed by atoms with E-state index in [1.165, 1.54) is 54.6 Å². The molecule has 148 valence electrons. The minimum absolute atomic E-state index is 1.04. The standard InChI is InChI=1S/C29H17N3/c1-2-8-18(9-3-1)32-24-13-7-5-11-20(24)28-21-14-15-31-26-17-30-23-12-6-4-10-19(23)27(26)22(29(21)31)16-25(28)32/h1-17H. The molecule has 32 heavy (non-hydrogen) atoms. The number of pyridine rings is 1. The molecule has 0 fully saturated rings. The summed E-state index contributed by atoms with van der Waals surface area (Å²) in [5, 5.41) is 7.66. The van der Waals surface area contributed by atoms with Crippen molar-refractivity contribution in [3.8, 4) is 5.69 Å². The second kappa shape index (κ2) is 5.65. The average molecular weight is 407 g/mol. The Hall–Kier alpha value is -4.37. The third-order valence-corrected chi connectivity index (χ3v) is 6.90. The van der Waals surface area contributed by atoms with E-state index in [0.29, 0.717) is 0 Å². The molecular formula is C29H17N3. The van der Waals surface area contributed by atoms with Gasteiger partial charge in [-0.05, 0) is 36.4 Å². The van der Waals surface area contributed by atoms with Crippen LogP contribution >= 0.6 is 0 Å². The van der Waals surface area contributed by atoms with Gasteiger partial charge in [-0.25, -0.2) is 0 Å². The van der Waals surface area contributed by atoms with Gasteiger partial charge in [-0.15, -0.1) is 0 Å². The molecule has 3 heteroatoms. The van der Waals surface area contributed by atoms with Gasteiger partial charge in [-0.3, -0.25) is 4.98 Å². The zero-order valence-corrected chi connectivity index (χ0v) is 17.2. The number of benzene rings is 4. The van der Waals surface area contributed by atoms with Crippen molar-refractivity contribution < 1.29 is 0 Å². The molecule has 0 aliphatic carbocycles. The Labute approximate surface area is 183 Å². The first kappa shape index (κ1) is 16.3. The van der Waals surface area contributed by atoms with Crippen molar-refractivity contribution in [1.29, 1.82) is 0 Å². The third-order valence-electron chi connectivity index (χ3n) is 6.90. The second-order valence-electron chi connectivity index (χ2n) is 8.49. The van der Waals surface area contributed by atoms with Crippen molar-refractivity contribution in [2.75, 3.05) is 0 Å². The molecule has 3 nitrogen and oxygen atoms in total. The molecule has 0 spiro atoms. The molecule has 8 aromatic rings.